The van der Waals surface area contributed by atoms with E-state index in [4.69, 9.17) is 14.1 Å². The van der Waals surface area contributed by atoms with Crippen LogP contribution in [0.4, 0.5) is 0 Å². The van der Waals surface area contributed by atoms with Crippen LogP contribution in [0.15, 0.2) is 33.5 Å². The molecule has 33 heavy (non-hydrogen) atoms. The average Bonchev–Trinajstić information content (AvgIpc) is 3.38. The first-order valence-electron chi connectivity index (χ1n) is 12.0. The van der Waals surface area contributed by atoms with Crippen molar-refractivity contribution < 1.29 is 14.3 Å². The molecule has 4 rings (SSSR count). The van der Waals surface area contributed by atoms with E-state index in [9.17, 15) is 9.90 Å². The van der Waals surface area contributed by atoms with Crippen LogP contribution in [0.25, 0.3) is 11.5 Å². The lowest BCUT2D eigenvalue weighted by Crippen LogP contribution is -2.23. The van der Waals surface area contributed by atoms with Crippen molar-refractivity contribution in [2.75, 3.05) is 0 Å². The maximum atomic E-state index is 11.4. The van der Waals surface area contributed by atoms with Gasteiger partial charge in [-0.3, -0.25) is 9.78 Å². The second kappa shape index (κ2) is 10.7. The number of oxazole rings is 1. The summed E-state index contributed by atoms with van der Waals surface area (Å²) in [5, 5.41) is 9.81. The first-order valence-corrected chi connectivity index (χ1v) is 12.9. The van der Waals surface area contributed by atoms with Gasteiger partial charge in [-0.15, -0.1) is 0 Å². The number of ether oxygens (including phenoxy) is 1. The van der Waals surface area contributed by atoms with Gasteiger partial charge in [-0.1, -0.05) is 57.1 Å². The minimum atomic E-state index is -0.193. The highest BCUT2D eigenvalue weighted by Crippen LogP contribution is 2.32. The van der Waals surface area contributed by atoms with Crippen LogP contribution >= 0.6 is 11.3 Å². The third kappa shape index (κ3) is 5.95. The van der Waals surface area contributed by atoms with E-state index < -0.39 is 0 Å². The van der Waals surface area contributed by atoms with Crippen LogP contribution in [-0.2, 0) is 24.2 Å². The van der Waals surface area contributed by atoms with E-state index in [0.29, 0.717) is 24.3 Å². The summed E-state index contributed by atoms with van der Waals surface area (Å²) in [5.74, 6) is 2.62. The molecule has 1 aromatic carbocycles. The fourth-order valence-electron chi connectivity index (χ4n) is 4.62. The van der Waals surface area contributed by atoms with E-state index in [1.807, 2.05) is 0 Å². The Morgan fingerprint density at radius 1 is 1.27 bits per heavy atom. The zero-order valence-corrected chi connectivity index (χ0v) is 20.5. The quantitative estimate of drug-likeness (QED) is 0.389. The molecule has 6 nitrogen and oxygen atoms in total. The summed E-state index contributed by atoms with van der Waals surface area (Å²) in [6.45, 7) is 6.92. The van der Waals surface area contributed by atoms with Gasteiger partial charge in [0.15, 0.2) is 0 Å². The van der Waals surface area contributed by atoms with Gasteiger partial charge in [0.2, 0.25) is 11.8 Å². The van der Waals surface area contributed by atoms with E-state index in [1.54, 1.807) is 0 Å². The first kappa shape index (κ1) is 23.8. The Hall–Kier alpha value is -2.38. The molecule has 0 unspecified atom stereocenters. The summed E-state index contributed by atoms with van der Waals surface area (Å²) >= 11 is 1.11. The molecule has 3 aromatic rings. The molecule has 2 heterocycles. The summed E-state index contributed by atoms with van der Waals surface area (Å²) in [6, 6.07) is 8.44. The van der Waals surface area contributed by atoms with Crippen molar-refractivity contribution in [3.63, 3.8) is 0 Å². The molecule has 1 saturated carbocycles. The largest absolute Gasteiger partial charge is 0.494 e. The number of rotatable bonds is 9. The SMILES string of the molecule is CCc1oc(-c2ccc(C(C)C)cc2)nc1CO[C@H]1CCC[C@@H](CCc2sc(=O)[nH]c2O)C1. The Kier molecular flexibility index (Phi) is 7.71. The zero-order valence-electron chi connectivity index (χ0n) is 19.7. The van der Waals surface area contributed by atoms with Crippen LogP contribution < -0.4 is 4.87 Å². The second-order valence-electron chi connectivity index (χ2n) is 9.31. The third-order valence-electron chi connectivity index (χ3n) is 6.59. The Balaban J connectivity index is 1.34. The standard InChI is InChI=1S/C26H34N2O4S/c1-4-22-21(27-25(32-22)19-11-9-18(10-12-19)16(2)3)15-31-20-7-5-6-17(14-20)8-13-23-24(29)28-26(30)33-23/h9-12,16-17,20,29H,4-8,13-15H2,1-3H3,(H,28,30)/t17-,20-/m0/s1. The molecule has 0 bridgehead atoms. The van der Waals surface area contributed by atoms with Gasteiger partial charge in [-0.25, -0.2) is 4.98 Å². The van der Waals surface area contributed by atoms with Gasteiger partial charge >= 0.3 is 4.87 Å². The topological polar surface area (TPSA) is 88.4 Å². The Labute approximate surface area is 199 Å². The minimum Gasteiger partial charge on any atom is -0.494 e. The van der Waals surface area contributed by atoms with Crippen molar-refractivity contribution in [1.29, 1.82) is 0 Å². The van der Waals surface area contributed by atoms with Gasteiger partial charge in [-0.2, -0.15) is 0 Å². The number of H-pyrrole nitrogens is 1. The van der Waals surface area contributed by atoms with Crippen LogP contribution in [-0.4, -0.2) is 21.2 Å². The number of aromatic hydroxyl groups is 1. The molecule has 0 aliphatic heterocycles. The number of hydrogen-bond donors (Lipinski definition) is 2. The number of nitrogens with zero attached hydrogens (tertiary/aromatic N) is 1. The molecular formula is C26H34N2O4S. The van der Waals surface area contributed by atoms with Gasteiger partial charge < -0.3 is 14.3 Å². The lowest BCUT2D eigenvalue weighted by Gasteiger charge is -2.29. The predicted octanol–water partition coefficient (Wildman–Crippen LogP) is 6.19. The maximum Gasteiger partial charge on any atom is 0.307 e. The maximum absolute atomic E-state index is 11.4. The van der Waals surface area contributed by atoms with Gasteiger partial charge in [0.05, 0.1) is 17.6 Å². The van der Waals surface area contributed by atoms with Crippen LogP contribution in [0.1, 0.15) is 80.7 Å². The van der Waals surface area contributed by atoms with E-state index >= 15 is 0 Å². The number of benzene rings is 1. The van der Waals surface area contributed by atoms with Gasteiger partial charge in [0.1, 0.15) is 11.5 Å². The number of thiazole rings is 1. The van der Waals surface area contributed by atoms with Crippen molar-refractivity contribution >= 4 is 11.3 Å². The molecule has 1 aliphatic rings. The highest BCUT2D eigenvalue weighted by molar-refractivity contribution is 7.09. The monoisotopic (exact) mass is 470 g/mol. The Morgan fingerprint density at radius 2 is 2.06 bits per heavy atom. The van der Waals surface area contributed by atoms with E-state index in [-0.39, 0.29) is 16.9 Å². The molecule has 0 saturated heterocycles. The second-order valence-corrected chi connectivity index (χ2v) is 10.4. The van der Waals surface area contributed by atoms with Gasteiger partial charge in [0.25, 0.3) is 0 Å². The smallest absolute Gasteiger partial charge is 0.307 e. The summed E-state index contributed by atoms with van der Waals surface area (Å²) in [6.07, 6.45) is 7.05. The highest BCUT2D eigenvalue weighted by atomic mass is 32.1. The first-order chi connectivity index (χ1) is 15.9. The number of aromatic amines is 1. The van der Waals surface area contributed by atoms with Crippen molar-refractivity contribution in [1.82, 2.24) is 9.97 Å². The normalized spacial score (nSPS) is 18.8. The van der Waals surface area contributed by atoms with E-state index in [2.05, 4.69) is 50.0 Å². The Bertz CT molecular complexity index is 1100. The van der Waals surface area contributed by atoms with Crippen molar-refractivity contribution in [2.45, 2.75) is 84.3 Å². The molecule has 1 aliphatic carbocycles. The fraction of sp³-hybridized carbons (Fsp3) is 0.538. The van der Waals surface area contributed by atoms with Crippen LogP contribution in [0.3, 0.4) is 0 Å². The van der Waals surface area contributed by atoms with E-state index in [1.165, 1.54) is 12.0 Å². The molecule has 0 amide bonds. The van der Waals surface area contributed by atoms with Crippen molar-refractivity contribution in [2.24, 2.45) is 5.92 Å². The lowest BCUT2D eigenvalue weighted by molar-refractivity contribution is -0.000589. The summed E-state index contributed by atoms with van der Waals surface area (Å²) in [7, 11) is 0. The molecular weight excluding hydrogens is 436 g/mol. The molecule has 2 N–H and O–H groups in total. The average molecular weight is 471 g/mol. The van der Waals surface area contributed by atoms with Gasteiger partial charge in [-0.05, 0) is 55.2 Å². The van der Waals surface area contributed by atoms with Crippen LogP contribution in [0, 0.1) is 5.92 Å². The predicted molar refractivity (Wildman–Crippen MR) is 131 cm³/mol. The van der Waals surface area contributed by atoms with E-state index in [0.717, 1.165) is 71.8 Å². The summed E-state index contributed by atoms with van der Waals surface area (Å²) < 4.78 is 12.4. The lowest BCUT2D eigenvalue weighted by atomic mass is 9.84. The number of nitrogens with one attached hydrogen (secondary N) is 1. The number of hydrogen-bond acceptors (Lipinski definition) is 6. The van der Waals surface area contributed by atoms with Crippen molar-refractivity contribution in [3.05, 3.63) is 55.8 Å². The number of aryl methyl sites for hydroxylation is 2. The minimum absolute atomic E-state index is 0.0291. The highest BCUT2D eigenvalue weighted by Gasteiger charge is 2.24. The zero-order chi connectivity index (χ0) is 23.4. The summed E-state index contributed by atoms with van der Waals surface area (Å²) in [5.41, 5.74) is 3.19. The summed E-state index contributed by atoms with van der Waals surface area (Å²) in [4.78, 5) is 19.2. The molecule has 2 atom stereocenters. The van der Waals surface area contributed by atoms with Crippen LogP contribution in [0.2, 0.25) is 0 Å². The van der Waals surface area contributed by atoms with Crippen LogP contribution in [0.5, 0.6) is 5.88 Å². The molecule has 1 fully saturated rings. The third-order valence-corrected chi connectivity index (χ3v) is 7.53. The molecule has 0 spiro atoms. The van der Waals surface area contributed by atoms with Crippen molar-refractivity contribution in [3.8, 4) is 17.3 Å². The molecule has 7 heteroatoms. The molecule has 0 radical (unpaired) electrons. The molecule has 2 aromatic heterocycles. The Morgan fingerprint density at radius 3 is 2.73 bits per heavy atom. The number of aromatic nitrogens is 2. The van der Waals surface area contributed by atoms with Gasteiger partial charge in [0, 0.05) is 12.0 Å². The fourth-order valence-corrected chi connectivity index (χ4v) is 5.35. The molecule has 178 valence electrons.